The average molecular weight is 334 g/mol. The summed E-state index contributed by atoms with van der Waals surface area (Å²) in [6.07, 6.45) is 7.36. The second-order valence-electron chi connectivity index (χ2n) is 6.64. The SMILES string of the molecule is CO[C@@]12CC[C@@H](OCCO)C[C@@H]1N(C(=O)Cc1ccncc1)CC2. The van der Waals surface area contributed by atoms with Crippen molar-refractivity contribution in [3.05, 3.63) is 30.1 Å². The van der Waals surface area contributed by atoms with Crippen molar-refractivity contribution in [3.8, 4) is 0 Å². The Morgan fingerprint density at radius 2 is 2.21 bits per heavy atom. The Bertz CT molecular complexity index is 553. The molecule has 0 bridgehead atoms. The van der Waals surface area contributed by atoms with Gasteiger partial charge in [0.1, 0.15) is 0 Å². The van der Waals surface area contributed by atoms with Crippen LogP contribution in [-0.2, 0) is 20.7 Å². The summed E-state index contributed by atoms with van der Waals surface area (Å²) in [5.74, 6) is 0.132. The maximum atomic E-state index is 12.8. The van der Waals surface area contributed by atoms with E-state index in [1.165, 1.54) is 0 Å². The molecule has 6 heteroatoms. The Hall–Kier alpha value is -1.50. The standard InChI is InChI=1S/C18H26N2O4/c1-23-18-5-2-15(24-11-10-21)13-16(18)20(9-6-18)17(22)12-14-3-7-19-8-4-14/h3-4,7-8,15-16,21H,2,5-6,9-13H2,1H3/t15-,16+,18-/m1/s1. The minimum atomic E-state index is -0.243. The van der Waals surface area contributed by atoms with Crippen molar-refractivity contribution in [2.45, 2.75) is 49.9 Å². The number of hydrogen-bond donors (Lipinski definition) is 1. The van der Waals surface area contributed by atoms with Crippen LogP contribution in [0.4, 0.5) is 0 Å². The number of amides is 1. The van der Waals surface area contributed by atoms with Crippen LogP contribution in [0.1, 0.15) is 31.2 Å². The molecule has 2 aliphatic rings. The number of aliphatic hydroxyl groups is 1. The summed E-state index contributed by atoms with van der Waals surface area (Å²) in [7, 11) is 1.75. The van der Waals surface area contributed by atoms with Crippen LogP contribution in [-0.4, -0.2) is 65.5 Å². The molecule has 1 aliphatic heterocycles. The molecule has 2 fully saturated rings. The van der Waals surface area contributed by atoms with Crippen molar-refractivity contribution < 1.29 is 19.4 Å². The number of nitrogens with zero attached hydrogens (tertiary/aromatic N) is 2. The van der Waals surface area contributed by atoms with Crippen molar-refractivity contribution in [2.24, 2.45) is 0 Å². The van der Waals surface area contributed by atoms with E-state index in [4.69, 9.17) is 14.6 Å². The van der Waals surface area contributed by atoms with Crippen molar-refractivity contribution in [1.29, 1.82) is 0 Å². The maximum Gasteiger partial charge on any atom is 0.227 e. The van der Waals surface area contributed by atoms with E-state index in [1.54, 1.807) is 19.5 Å². The predicted molar refractivity (Wildman–Crippen MR) is 88.5 cm³/mol. The number of aromatic nitrogens is 1. The summed E-state index contributed by atoms with van der Waals surface area (Å²) in [6, 6.07) is 3.81. The second kappa shape index (κ2) is 7.59. The van der Waals surface area contributed by atoms with Crippen molar-refractivity contribution >= 4 is 5.91 Å². The van der Waals surface area contributed by atoms with Gasteiger partial charge in [-0.1, -0.05) is 0 Å². The lowest BCUT2D eigenvalue weighted by atomic mass is 9.79. The molecule has 3 rings (SSSR count). The average Bonchev–Trinajstić information content (AvgIpc) is 3.00. The van der Waals surface area contributed by atoms with E-state index in [0.717, 1.165) is 37.8 Å². The third kappa shape index (κ3) is 3.45. The van der Waals surface area contributed by atoms with Gasteiger partial charge < -0.3 is 19.5 Å². The number of methoxy groups -OCH3 is 1. The number of ether oxygens (including phenoxy) is 2. The lowest BCUT2D eigenvalue weighted by molar-refractivity contribution is -0.141. The van der Waals surface area contributed by atoms with E-state index in [0.29, 0.717) is 13.0 Å². The molecule has 1 saturated heterocycles. The largest absolute Gasteiger partial charge is 0.394 e. The Morgan fingerprint density at radius 1 is 1.42 bits per heavy atom. The van der Waals surface area contributed by atoms with Crippen LogP contribution in [0.15, 0.2) is 24.5 Å². The van der Waals surface area contributed by atoms with E-state index in [-0.39, 0.29) is 30.3 Å². The van der Waals surface area contributed by atoms with E-state index in [9.17, 15) is 4.79 Å². The number of hydrogen-bond acceptors (Lipinski definition) is 5. The number of likely N-dealkylation sites (tertiary alicyclic amines) is 1. The smallest absolute Gasteiger partial charge is 0.227 e. The molecule has 1 aliphatic carbocycles. The molecule has 132 valence electrons. The van der Waals surface area contributed by atoms with Crippen LogP contribution in [0.3, 0.4) is 0 Å². The quantitative estimate of drug-likeness (QED) is 0.845. The first kappa shape index (κ1) is 17.3. The third-order valence-electron chi connectivity index (χ3n) is 5.41. The summed E-state index contributed by atoms with van der Waals surface area (Å²) in [5, 5.41) is 8.97. The molecule has 1 N–H and O–H groups in total. The molecule has 2 heterocycles. The molecule has 3 atom stereocenters. The van der Waals surface area contributed by atoms with Gasteiger partial charge >= 0.3 is 0 Å². The fourth-order valence-corrected chi connectivity index (χ4v) is 4.11. The van der Waals surface area contributed by atoms with Gasteiger partial charge in [0, 0.05) is 26.0 Å². The Labute approximate surface area is 142 Å². The van der Waals surface area contributed by atoms with E-state index >= 15 is 0 Å². The van der Waals surface area contributed by atoms with Gasteiger partial charge in [0.2, 0.25) is 5.91 Å². The highest BCUT2D eigenvalue weighted by Gasteiger charge is 2.52. The van der Waals surface area contributed by atoms with E-state index < -0.39 is 0 Å². The predicted octanol–water partition coefficient (Wildman–Crippen LogP) is 1.17. The van der Waals surface area contributed by atoms with Crippen molar-refractivity contribution in [3.63, 3.8) is 0 Å². The minimum Gasteiger partial charge on any atom is -0.394 e. The fraction of sp³-hybridized carbons (Fsp3) is 0.667. The molecular weight excluding hydrogens is 308 g/mol. The first-order chi connectivity index (χ1) is 11.7. The Balaban J connectivity index is 1.70. The number of carbonyl (C=O) groups excluding carboxylic acids is 1. The summed E-state index contributed by atoms with van der Waals surface area (Å²) in [5.41, 5.74) is 0.737. The lowest BCUT2D eigenvalue weighted by Gasteiger charge is -2.43. The summed E-state index contributed by atoms with van der Waals surface area (Å²) >= 11 is 0. The Morgan fingerprint density at radius 3 is 2.92 bits per heavy atom. The topological polar surface area (TPSA) is 71.9 Å². The summed E-state index contributed by atoms with van der Waals surface area (Å²) < 4.78 is 11.6. The first-order valence-corrected chi connectivity index (χ1v) is 8.64. The summed E-state index contributed by atoms with van der Waals surface area (Å²) in [6.45, 7) is 1.11. The monoisotopic (exact) mass is 334 g/mol. The number of fused-ring (bicyclic) bond motifs is 1. The normalized spacial score (nSPS) is 29.5. The second-order valence-corrected chi connectivity index (χ2v) is 6.64. The fourth-order valence-electron chi connectivity index (χ4n) is 4.11. The van der Waals surface area contributed by atoms with Crippen LogP contribution < -0.4 is 0 Å². The molecular formula is C18H26N2O4. The lowest BCUT2D eigenvalue weighted by Crippen LogP contribution is -2.53. The summed E-state index contributed by atoms with van der Waals surface area (Å²) in [4.78, 5) is 18.8. The number of rotatable bonds is 6. The molecule has 1 saturated carbocycles. The molecule has 1 amide bonds. The first-order valence-electron chi connectivity index (χ1n) is 8.64. The van der Waals surface area contributed by atoms with Gasteiger partial charge in [0.25, 0.3) is 0 Å². The number of pyridine rings is 1. The van der Waals surface area contributed by atoms with Gasteiger partial charge in [-0.15, -0.1) is 0 Å². The molecule has 1 aromatic rings. The van der Waals surface area contributed by atoms with Crippen LogP contribution in [0.5, 0.6) is 0 Å². The van der Waals surface area contributed by atoms with Gasteiger partial charge in [0.05, 0.1) is 37.4 Å². The highest BCUT2D eigenvalue weighted by atomic mass is 16.5. The van der Waals surface area contributed by atoms with Crippen molar-refractivity contribution in [1.82, 2.24) is 9.88 Å². The van der Waals surface area contributed by atoms with Gasteiger partial charge in [0.15, 0.2) is 0 Å². The van der Waals surface area contributed by atoms with Crippen LogP contribution in [0.2, 0.25) is 0 Å². The maximum absolute atomic E-state index is 12.8. The minimum absolute atomic E-state index is 0.0290. The van der Waals surface area contributed by atoms with Crippen LogP contribution in [0, 0.1) is 0 Å². The molecule has 1 aromatic heterocycles. The van der Waals surface area contributed by atoms with Crippen LogP contribution >= 0.6 is 0 Å². The highest BCUT2D eigenvalue weighted by Crippen LogP contribution is 2.43. The molecule has 24 heavy (non-hydrogen) atoms. The van der Waals surface area contributed by atoms with Gasteiger partial charge in [-0.2, -0.15) is 0 Å². The van der Waals surface area contributed by atoms with Gasteiger partial charge in [-0.05, 0) is 43.4 Å². The van der Waals surface area contributed by atoms with Crippen molar-refractivity contribution in [2.75, 3.05) is 26.9 Å². The van der Waals surface area contributed by atoms with Crippen LogP contribution in [0.25, 0.3) is 0 Å². The highest BCUT2D eigenvalue weighted by molar-refractivity contribution is 5.79. The van der Waals surface area contributed by atoms with Gasteiger partial charge in [-0.3, -0.25) is 9.78 Å². The number of carbonyl (C=O) groups is 1. The molecule has 0 radical (unpaired) electrons. The third-order valence-corrected chi connectivity index (χ3v) is 5.41. The number of aliphatic hydroxyl groups excluding tert-OH is 1. The molecule has 0 unspecified atom stereocenters. The zero-order chi connectivity index (χ0) is 17.0. The molecule has 0 aromatic carbocycles. The zero-order valence-corrected chi connectivity index (χ0v) is 14.2. The zero-order valence-electron chi connectivity index (χ0n) is 14.2. The van der Waals surface area contributed by atoms with E-state index in [1.807, 2.05) is 17.0 Å². The van der Waals surface area contributed by atoms with Gasteiger partial charge in [-0.25, -0.2) is 0 Å². The van der Waals surface area contributed by atoms with E-state index in [2.05, 4.69) is 4.98 Å². The molecule has 6 nitrogen and oxygen atoms in total. The molecule has 0 spiro atoms. The Kier molecular flexibility index (Phi) is 5.48.